The molecular weight excluding hydrogens is 432 g/mol. The summed E-state index contributed by atoms with van der Waals surface area (Å²) >= 11 is 0. The number of hydrogen-bond acceptors (Lipinski definition) is 4. The minimum atomic E-state index is -3.52. The second-order valence-electron chi connectivity index (χ2n) is 7.83. The second-order valence-corrected chi connectivity index (χ2v) is 9.76. The Morgan fingerprint density at radius 3 is 1.94 bits per heavy atom. The molecule has 186 valence electrons. The molecule has 0 aromatic heterocycles. The van der Waals surface area contributed by atoms with Crippen molar-refractivity contribution in [3.63, 3.8) is 0 Å². The highest BCUT2D eigenvalue weighted by Gasteiger charge is 2.23. The van der Waals surface area contributed by atoms with Crippen LogP contribution in [0.25, 0.3) is 11.1 Å². The van der Waals surface area contributed by atoms with Gasteiger partial charge in [-0.15, -0.1) is 0 Å². The smallest absolute Gasteiger partial charge is 0.243 e. The highest BCUT2D eigenvalue weighted by atomic mass is 32.2. The third kappa shape index (κ3) is 9.97. The van der Waals surface area contributed by atoms with E-state index in [0.717, 1.165) is 43.5 Å². The van der Waals surface area contributed by atoms with E-state index in [0.29, 0.717) is 24.6 Å². The maximum absolute atomic E-state index is 13.1. The van der Waals surface area contributed by atoms with Crippen LogP contribution in [0.15, 0.2) is 53.4 Å². The van der Waals surface area contributed by atoms with Crippen LogP contribution in [-0.4, -0.2) is 52.6 Å². The third-order valence-corrected chi connectivity index (χ3v) is 7.30. The number of methoxy groups -OCH3 is 1. The number of rotatable bonds is 15. The van der Waals surface area contributed by atoms with Crippen LogP contribution < -0.4 is 5.32 Å². The van der Waals surface area contributed by atoms with Crippen molar-refractivity contribution in [3.8, 4) is 11.1 Å². The molecule has 0 amide bonds. The topological polar surface area (TPSA) is 58.6 Å². The Labute approximate surface area is 202 Å². The summed E-state index contributed by atoms with van der Waals surface area (Å²) in [6.45, 7) is 11.6. The summed E-state index contributed by atoms with van der Waals surface area (Å²) in [5.74, 6) is 0. The lowest BCUT2D eigenvalue weighted by molar-refractivity contribution is 0.178. The van der Waals surface area contributed by atoms with Gasteiger partial charge in [0.2, 0.25) is 10.0 Å². The summed E-state index contributed by atoms with van der Waals surface area (Å²) < 4.78 is 32.8. The predicted molar refractivity (Wildman–Crippen MR) is 140 cm³/mol. The molecule has 0 saturated heterocycles. The molecule has 0 atom stereocenters. The lowest BCUT2D eigenvalue weighted by Crippen LogP contribution is -2.34. The Morgan fingerprint density at radius 2 is 1.39 bits per heavy atom. The Hall–Kier alpha value is -1.73. The minimum Gasteiger partial charge on any atom is -0.383 e. The van der Waals surface area contributed by atoms with Gasteiger partial charge in [-0.05, 0) is 61.2 Å². The Kier molecular flexibility index (Phi) is 14.9. The van der Waals surface area contributed by atoms with E-state index in [9.17, 15) is 8.42 Å². The molecule has 0 radical (unpaired) electrons. The van der Waals surface area contributed by atoms with Gasteiger partial charge in [-0.1, -0.05) is 76.9 Å². The molecule has 0 aliphatic carbocycles. The molecule has 0 bridgehead atoms. The van der Waals surface area contributed by atoms with Crippen LogP contribution in [0, 0.1) is 0 Å². The van der Waals surface area contributed by atoms with Crippen LogP contribution in [-0.2, 0) is 21.2 Å². The average Bonchev–Trinajstić information content (AvgIpc) is 2.85. The molecule has 1 N–H and O–H groups in total. The number of ether oxygens (including phenoxy) is 1. The van der Waals surface area contributed by atoms with Crippen molar-refractivity contribution in [1.29, 1.82) is 0 Å². The first kappa shape index (κ1) is 29.3. The Balaban J connectivity index is 0.00000265. The number of nitrogens with one attached hydrogen (secondary N) is 1. The van der Waals surface area contributed by atoms with E-state index in [4.69, 9.17) is 4.74 Å². The fourth-order valence-electron chi connectivity index (χ4n) is 3.37. The van der Waals surface area contributed by atoms with Crippen LogP contribution >= 0.6 is 0 Å². The van der Waals surface area contributed by atoms with Gasteiger partial charge in [0.1, 0.15) is 0 Å². The lowest BCUT2D eigenvalue weighted by atomic mass is 10.0. The third-order valence-electron chi connectivity index (χ3n) is 5.38. The Morgan fingerprint density at radius 1 is 0.818 bits per heavy atom. The number of unbranched alkanes of at least 4 members (excludes halogenated alkanes) is 2. The van der Waals surface area contributed by atoms with Crippen LogP contribution in [0.5, 0.6) is 0 Å². The van der Waals surface area contributed by atoms with E-state index >= 15 is 0 Å². The van der Waals surface area contributed by atoms with Crippen molar-refractivity contribution >= 4 is 10.0 Å². The summed E-state index contributed by atoms with van der Waals surface area (Å²) in [5.41, 5.74) is 3.41. The molecular formula is C27H44N2O3S. The van der Waals surface area contributed by atoms with Crippen molar-refractivity contribution in [2.24, 2.45) is 0 Å². The van der Waals surface area contributed by atoms with E-state index in [1.807, 2.05) is 26.0 Å². The zero-order valence-corrected chi connectivity index (χ0v) is 22.1. The zero-order valence-electron chi connectivity index (χ0n) is 21.3. The maximum Gasteiger partial charge on any atom is 0.243 e. The summed E-state index contributed by atoms with van der Waals surface area (Å²) in [4.78, 5) is 0.332. The molecule has 2 aromatic rings. The predicted octanol–water partition coefficient (Wildman–Crippen LogP) is 5.75. The molecule has 2 aromatic carbocycles. The molecule has 0 aliphatic rings. The van der Waals surface area contributed by atoms with Gasteiger partial charge in [-0.2, -0.15) is 4.31 Å². The van der Waals surface area contributed by atoms with E-state index in [-0.39, 0.29) is 0 Å². The maximum atomic E-state index is 13.1. The molecule has 5 nitrogen and oxygen atoms in total. The van der Waals surface area contributed by atoms with Gasteiger partial charge < -0.3 is 10.1 Å². The first-order valence-corrected chi connectivity index (χ1v) is 13.9. The van der Waals surface area contributed by atoms with Crippen LogP contribution in [0.1, 0.15) is 58.9 Å². The summed E-state index contributed by atoms with van der Waals surface area (Å²) in [5, 5.41) is 3.47. The number of nitrogens with zero attached hydrogens (tertiary/aromatic N) is 1. The van der Waals surface area contributed by atoms with Gasteiger partial charge >= 0.3 is 0 Å². The number of benzene rings is 2. The molecule has 0 fully saturated rings. The standard InChI is InChI=1S/C25H38N2O3S.C2H6/c1-4-6-17-26-18-16-22-8-10-23(11-9-22)24-12-14-25(15-13-24)31(28,29)27(19-7-5-2)20-21-30-3;1-2/h8-15,26H,4-7,16-21H2,1-3H3;1-2H3. The highest BCUT2D eigenvalue weighted by Crippen LogP contribution is 2.24. The van der Waals surface area contributed by atoms with E-state index in [2.05, 4.69) is 43.4 Å². The molecule has 0 heterocycles. The lowest BCUT2D eigenvalue weighted by Gasteiger charge is -2.22. The zero-order chi connectivity index (χ0) is 24.5. The van der Waals surface area contributed by atoms with Gasteiger partial charge in [0, 0.05) is 20.2 Å². The SMILES string of the molecule is CC.CCCCNCCc1ccc(-c2ccc(S(=O)(=O)N(CCCC)CCOC)cc2)cc1. The quantitative estimate of drug-likeness (QED) is 0.333. The summed E-state index contributed by atoms with van der Waals surface area (Å²) in [6.07, 6.45) is 5.22. The molecule has 0 saturated carbocycles. The average molecular weight is 477 g/mol. The second kappa shape index (κ2) is 16.8. The first-order chi connectivity index (χ1) is 16.0. The molecule has 0 spiro atoms. The largest absolute Gasteiger partial charge is 0.383 e. The van der Waals surface area contributed by atoms with E-state index in [1.165, 1.54) is 22.7 Å². The fourth-order valence-corrected chi connectivity index (χ4v) is 4.83. The van der Waals surface area contributed by atoms with Crippen LogP contribution in [0.4, 0.5) is 0 Å². The highest BCUT2D eigenvalue weighted by molar-refractivity contribution is 7.89. The van der Waals surface area contributed by atoms with Crippen molar-refractivity contribution in [1.82, 2.24) is 9.62 Å². The molecule has 2 rings (SSSR count). The van der Waals surface area contributed by atoms with Gasteiger partial charge in [0.05, 0.1) is 11.5 Å². The van der Waals surface area contributed by atoms with E-state index in [1.54, 1.807) is 19.2 Å². The van der Waals surface area contributed by atoms with Crippen molar-refractivity contribution in [2.45, 2.75) is 64.7 Å². The minimum absolute atomic E-state index is 0.332. The molecule has 0 aliphatic heterocycles. The number of sulfonamides is 1. The normalized spacial score (nSPS) is 11.3. The number of hydrogen-bond donors (Lipinski definition) is 1. The molecule has 6 heteroatoms. The molecule has 33 heavy (non-hydrogen) atoms. The van der Waals surface area contributed by atoms with Gasteiger partial charge in [0.15, 0.2) is 0 Å². The Bertz CT molecular complexity index is 842. The fraction of sp³-hybridized carbons (Fsp3) is 0.556. The monoisotopic (exact) mass is 476 g/mol. The molecule has 0 unspecified atom stereocenters. The van der Waals surface area contributed by atoms with E-state index < -0.39 is 10.0 Å². The van der Waals surface area contributed by atoms with Gasteiger partial charge in [-0.25, -0.2) is 8.42 Å². The van der Waals surface area contributed by atoms with Crippen molar-refractivity contribution in [3.05, 3.63) is 54.1 Å². The van der Waals surface area contributed by atoms with Gasteiger partial charge in [0.25, 0.3) is 0 Å². The summed E-state index contributed by atoms with van der Waals surface area (Å²) in [6, 6.07) is 15.7. The van der Waals surface area contributed by atoms with Crippen molar-refractivity contribution in [2.75, 3.05) is 39.9 Å². The van der Waals surface area contributed by atoms with Crippen molar-refractivity contribution < 1.29 is 13.2 Å². The van der Waals surface area contributed by atoms with Crippen LogP contribution in [0.2, 0.25) is 0 Å². The van der Waals surface area contributed by atoms with Gasteiger partial charge in [-0.3, -0.25) is 0 Å². The first-order valence-electron chi connectivity index (χ1n) is 12.4. The summed E-state index contributed by atoms with van der Waals surface area (Å²) in [7, 11) is -1.93. The van der Waals surface area contributed by atoms with Crippen LogP contribution in [0.3, 0.4) is 0 Å².